The lowest BCUT2D eigenvalue weighted by atomic mass is 10.0. The van der Waals surface area contributed by atoms with Gasteiger partial charge < -0.3 is 25.2 Å². The van der Waals surface area contributed by atoms with Gasteiger partial charge in [-0.25, -0.2) is 4.79 Å². The highest BCUT2D eigenvalue weighted by atomic mass is 16.5. The zero-order chi connectivity index (χ0) is 17.7. The Morgan fingerprint density at radius 2 is 1.83 bits per heavy atom. The van der Waals surface area contributed by atoms with Gasteiger partial charge in [-0.15, -0.1) is 0 Å². The predicted molar refractivity (Wildman–Crippen MR) is 88.8 cm³/mol. The monoisotopic (exact) mass is 336 g/mol. The van der Waals surface area contributed by atoms with E-state index in [9.17, 15) is 25.2 Å². The molecule has 0 spiro atoms. The van der Waals surface area contributed by atoms with Crippen molar-refractivity contribution in [2.24, 2.45) is 0 Å². The third-order valence-electron chi connectivity index (χ3n) is 4.09. The Kier molecular flexibility index (Phi) is 6.23. The van der Waals surface area contributed by atoms with E-state index in [1.165, 1.54) is 18.2 Å². The minimum atomic E-state index is -0.796. The van der Waals surface area contributed by atoms with Gasteiger partial charge in [0.25, 0.3) is 0 Å². The Labute approximate surface area is 141 Å². The zero-order valence-electron chi connectivity index (χ0n) is 13.7. The molecule has 4 N–H and O–H groups in total. The molecule has 0 unspecified atom stereocenters. The topological polar surface area (TPSA) is 107 Å². The molecule has 2 rings (SSSR count). The zero-order valence-corrected chi connectivity index (χ0v) is 13.7. The first-order valence-corrected chi connectivity index (χ1v) is 8.18. The number of phenols is 2. The summed E-state index contributed by atoms with van der Waals surface area (Å²) in [4.78, 5) is 12.4. The molecule has 0 saturated carbocycles. The second-order valence-corrected chi connectivity index (χ2v) is 6.23. The highest BCUT2D eigenvalue weighted by molar-refractivity contribution is 5.97. The van der Waals surface area contributed by atoms with E-state index in [0.29, 0.717) is 32.1 Å². The molecule has 0 bridgehead atoms. The van der Waals surface area contributed by atoms with Crippen LogP contribution in [0.25, 0.3) is 6.08 Å². The number of esters is 1. The summed E-state index contributed by atoms with van der Waals surface area (Å²) >= 11 is 0. The van der Waals surface area contributed by atoms with Crippen LogP contribution >= 0.6 is 0 Å². The van der Waals surface area contributed by atoms with Crippen LogP contribution in [0.5, 0.6) is 11.5 Å². The van der Waals surface area contributed by atoms with Crippen LogP contribution in [0.2, 0.25) is 0 Å². The molecular formula is C18H24O6. The minimum Gasteiger partial charge on any atom is -0.508 e. The van der Waals surface area contributed by atoms with E-state index in [1.54, 1.807) is 6.92 Å². The van der Waals surface area contributed by atoms with Gasteiger partial charge in [-0.05, 0) is 50.7 Å². The highest BCUT2D eigenvalue weighted by Gasteiger charge is 2.21. The molecule has 6 heteroatoms. The first-order valence-electron chi connectivity index (χ1n) is 8.18. The fraction of sp³-hybridized carbons (Fsp3) is 0.500. The molecule has 1 aromatic carbocycles. The standard InChI is InChI=1S/C18H24O6/c1-11-3-2-4-13(19)7-8-14(20)6-5-12-9-15(21)10-16(22)17(12)18(23)24-11/h5-6,9-11,13-14,19-22H,2-4,7-8H2,1H3/b6-5+/t11-,13-,14+/m0/s1. The minimum absolute atomic E-state index is 0.0415. The molecule has 24 heavy (non-hydrogen) atoms. The van der Waals surface area contributed by atoms with E-state index in [4.69, 9.17) is 4.74 Å². The van der Waals surface area contributed by atoms with Crippen LogP contribution in [-0.2, 0) is 4.74 Å². The quantitative estimate of drug-likeness (QED) is 0.542. The maximum Gasteiger partial charge on any atom is 0.342 e. The van der Waals surface area contributed by atoms with Crippen molar-refractivity contribution in [1.82, 2.24) is 0 Å². The number of phenolic OH excluding ortho intramolecular Hbond substituents is 2. The fourth-order valence-electron chi connectivity index (χ4n) is 2.75. The van der Waals surface area contributed by atoms with Gasteiger partial charge in [0.05, 0.1) is 18.3 Å². The Balaban J connectivity index is 2.36. The second-order valence-electron chi connectivity index (χ2n) is 6.23. The number of aliphatic hydroxyl groups excluding tert-OH is 2. The molecule has 0 aromatic heterocycles. The lowest BCUT2D eigenvalue weighted by molar-refractivity contribution is 0.0305. The van der Waals surface area contributed by atoms with Crippen molar-refractivity contribution < 1.29 is 30.0 Å². The SMILES string of the molecule is C[C@H]1CCC[C@H](O)CC[C@H](O)/C=C/c2cc(O)cc(O)c2C(=O)O1. The van der Waals surface area contributed by atoms with Crippen molar-refractivity contribution in [3.63, 3.8) is 0 Å². The predicted octanol–water partition coefficient (Wildman–Crippen LogP) is 2.34. The molecule has 0 saturated heterocycles. The molecular weight excluding hydrogens is 312 g/mol. The lowest BCUT2D eigenvalue weighted by Gasteiger charge is -2.18. The fourth-order valence-corrected chi connectivity index (χ4v) is 2.75. The summed E-state index contributed by atoms with van der Waals surface area (Å²) in [5.41, 5.74) is 0.224. The van der Waals surface area contributed by atoms with Crippen molar-refractivity contribution in [1.29, 1.82) is 0 Å². The van der Waals surface area contributed by atoms with E-state index in [1.807, 2.05) is 0 Å². The van der Waals surface area contributed by atoms with Crippen LogP contribution in [-0.4, -0.2) is 44.7 Å². The molecule has 1 aliphatic rings. The van der Waals surface area contributed by atoms with Crippen LogP contribution < -0.4 is 0 Å². The summed E-state index contributed by atoms with van der Waals surface area (Å²) in [5, 5.41) is 39.5. The first-order chi connectivity index (χ1) is 11.4. The van der Waals surface area contributed by atoms with E-state index < -0.39 is 18.2 Å². The van der Waals surface area contributed by atoms with E-state index in [0.717, 1.165) is 6.07 Å². The number of fused-ring (bicyclic) bond motifs is 1. The number of carbonyl (C=O) groups is 1. The van der Waals surface area contributed by atoms with Gasteiger partial charge in [0.1, 0.15) is 17.1 Å². The molecule has 0 fully saturated rings. The summed E-state index contributed by atoms with van der Waals surface area (Å²) in [6.45, 7) is 1.76. The van der Waals surface area contributed by atoms with Gasteiger partial charge >= 0.3 is 5.97 Å². The largest absolute Gasteiger partial charge is 0.508 e. The summed E-state index contributed by atoms with van der Waals surface area (Å²) in [7, 11) is 0. The third-order valence-corrected chi connectivity index (χ3v) is 4.09. The van der Waals surface area contributed by atoms with E-state index >= 15 is 0 Å². The van der Waals surface area contributed by atoms with Gasteiger partial charge in [-0.2, -0.15) is 0 Å². The Morgan fingerprint density at radius 1 is 1.08 bits per heavy atom. The van der Waals surface area contributed by atoms with E-state index in [2.05, 4.69) is 0 Å². The third kappa shape index (κ3) is 4.97. The number of benzene rings is 1. The number of rotatable bonds is 0. The Hall–Kier alpha value is -2.05. The second kappa shape index (κ2) is 8.17. The summed E-state index contributed by atoms with van der Waals surface area (Å²) in [6.07, 6.45) is 3.99. The van der Waals surface area contributed by atoms with Gasteiger partial charge in [-0.3, -0.25) is 0 Å². The number of hydrogen-bond donors (Lipinski definition) is 4. The van der Waals surface area contributed by atoms with Crippen LogP contribution in [0.3, 0.4) is 0 Å². The molecule has 1 heterocycles. The van der Waals surface area contributed by atoms with Crippen molar-refractivity contribution in [3.05, 3.63) is 29.3 Å². The van der Waals surface area contributed by atoms with Crippen molar-refractivity contribution in [2.45, 2.75) is 57.3 Å². The van der Waals surface area contributed by atoms with Crippen LogP contribution in [0.15, 0.2) is 18.2 Å². The number of hydrogen-bond acceptors (Lipinski definition) is 6. The van der Waals surface area contributed by atoms with Crippen LogP contribution in [0.1, 0.15) is 54.9 Å². The number of aliphatic hydroxyl groups is 2. The van der Waals surface area contributed by atoms with Gasteiger partial charge in [0.2, 0.25) is 0 Å². The molecule has 6 nitrogen and oxygen atoms in total. The molecule has 3 atom stereocenters. The smallest absolute Gasteiger partial charge is 0.342 e. The number of cyclic esters (lactones) is 1. The van der Waals surface area contributed by atoms with Gasteiger partial charge in [0.15, 0.2) is 0 Å². The van der Waals surface area contributed by atoms with E-state index in [-0.39, 0.29) is 28.7 Å². The summed E-state index contributed by atoms with van der Waals surface area (Å²) in [6, 6.07) is 2.40. The van der Waals surface area contributed by atoms with Gasteiger partial charge in [0, 0.05) is 6.07 Å². The van der Waals surface area contributed by atoms with Crippen molar-refractivity contribution in [2.75, 3.05) is 0 Å². The maximum absolute atomic E-state index is 12.4. The maximum atomic E-state index is 12.4. The first kappa shape index (κ1) is 18.3. The molecule has 1 aliphatic heterocycles. The van der Waals surface area contributed by atoms with Crippen molar-refractivity contribution >= 4 is 12.0 Å². The summed E-state index contributed by atoms with van der Waals surface area (Å²) in [5.74, 6) is -1.25. The molecule has 1 aromatic rings. The molecule has 0 radical (unpaired) electrons. The van der Waals surface area contributed by atoms with Gasteiger partial charge in [-0.1, -0.05) is 12.2 Å². The average molecular weight is 336 g/mol. The van der Waals surface area contributed by atoms with Crippen LogP contribution in [0, 0.1) is 0 Å². The highest BCUT2D eigenvalue weighted by Crippen LogP contribution is 2.30. The lowest BCUT2D eigenvalue weighted by Crippen LogP contribution is -2.18. The average Bonchev–Trinajstić information content (AvgIpc) is 2.49. The Morgan fingerprint density at radius 3 is 2.58 bits per heavy atom. The Bertz CT molecular complexity index is 610. The molecule has 132 valence electrons. The molecule has 0 amide bonds. The van der Waals surface area contributed by atoms with Crippen molar-refractivity contribution in [3.8, 4) is 11.5 Å². The number of aromatic hydroxyl groups is 2. The number of ether oxygens (including phenoxy) is 1. The molecule has 0 aliphatic carbocycles. The number of carbonyl (C=O) groups excluding carboxylic acids is 1. The summed E-state index contributed by atoms with van der Waals surface area (Å²) < 4.78 is 5.35. The normalized spacial score (nSPS) is 27.6. The van der Waals surface area contributed by atoms with Crippen LogP contribution in [0.4, 0.5) is 0 Å².